The molecule has 0 aliphatic rings. The summed E-state index contributed by atoms with van der Waals surface area (Å²) < 4.78 is 13.6. The van der Waals surface area contributed by atoms with E-state index in [4.69, 9.17) is 26.1 Å². The van der Waals surface area contributed by atoms with Crippen molar-refractivity contribution in [2.45, 2.75) is 33.9 Å². The number of hydrogen-bond donors (Lipinski definition) is 0. The maximum atomic E-state index is 12.5. The summed E-state index contributed by atoms with van der Waals surface area (Å²) >= 11 is 6.73. The summed E-state index contributed by atoms with van der Waals surface area (Å²) in [4.78, 5) is 17.3. The second-order valence-electron chi connectivity index (χ2n) is 9.19. The van der Waals surface area contributed by atoms with Gasteiger partial charge >= 0.3 is 5.97 Å². The number of ether oxygens (including phenoxy) is 2. The third-order valence-electron chi connectivity index (χ3n) is 6.63. The van der Waals surface area contributed by atoms with E-state index in [1.807, 2.05) is 74.5 Å². The van der Waals surface area contributed by atoms with Crippen molar-refractivity contribution in [2.75, 3.05) is 6.61 Å². The first-order chi connectivity index (χ1) is 18.4. The van der Waals surface area contributed by atoms with E-state index in [-0.39, 0.29) is 12.6 Å². The maximum Gasteiger partial charge on any atom is 0.338 e. The minimum absolute atomic E-state index is 0.251. The minimum atomic E-state index is -0.330. The van der Waals surface area contributed by atoms with Crippen molar-refractivity contribution in [3.8, 4) is 16.9 Å². The van der Waals surface area contributed by atoms with Gasteiger partial charge in [0, 0.05) is 16.7 Å². The Bertz CT molecular complexity index is 1610. The smallest absolute Gasteiger partial charge is 0.338 e. The summed E-state index contributed by atoms with van der Waals surface area (Å²) in [5.74, 6) is 1.26. The van der Waals surface area contributed by atoms with E-state index < -0.39 is 0 Å². The Balaban J connectivity index is 1.40. The molecule has 6 heteroatoms. The Labute approximate surface area is 227 Å². The molecule has 0 unspecified atom stereocenters. The van der Waals surface area contributed by atoms with Crippen LogP contribution < -0.4 is 4.74 Å². The first-order valence-corrected chi connectivity index (χ1v) is 13.0. The lowest BCUT2D eigenvalue weighted by atomic mass is 10.0. The van der Waals surface area contributed by atoms with Gasteiger partial charge in [-0.15, -0.1) is 0 Å². The summed E-state index contributed by atoms with van der Waals surface area (Å²) in [6.07, 6.45) is 0. The van der Waals surface area contributed by atoms with E-state index in [0.717, 1.165) is 44.7 Å². The predicted octanol–water partition coefficient (Wildman–Crippen LogP) is 7.78. The molecular formula is C32H29ClN2O3. The monoisotopic (exact) mass is 524 g/mol. The zero-order chi connectivity index (χ0) is 26.6. The van der Waals surface area contributed by atoms with Gasteiger partial charge in [0.05, 0.1) is 29.7 Å². The van der Waals surface area contributed by atoms with Crippen LogP contribution in [0.5, 0.6) is 5.75 Å². The van der Waals surface area contributed by atoms with Gasteiger partial charge in [-0.05, 0) is 61.2 Å². The van der Waals surface area contributed by atoms with E-state index in [0.29, 0.717) is 29.5 Å². The van der Waals surface area contributed by atoms with Crippen LogP contribution in [0, 0.1) is 13.8 Å². The molecule has 0 aliphatic carbocycles. The molecule has 0 amide bonds. The number of benzene rings is 4. The van der Waals surface area contributed by atoms with Crippen LogP contribution in [0.3, 0.4) is 0 Å². The highest BCUT2D eigenvalue weighted by molar-refractivity contribution is 6.31. The Kier molecular flexibility index (Phi) is 7.47. The molecule has 0 spiro atoms. The molecule has 0 N–H and O–H groups in total. The third-order valence-corrected chi connectivity index (χ3v) is 6.98. The molecule has 0 fully saturated rings. The molecule has 0 aliphatic heterocycles. The highest BCUT2D eigenvalue weighted by Gasteiger charge is 2.16. The molecule has 1 aromatic heterocycles. The fourth-order valence-corrected chi connectivity index (χ4v) is 4.91. The van der Waals surface area contributed by atoms with E-state index >= 15 is 0 Å². The lowest BCUT2D eigenvalue weighted by Crippen LogP contribution is -2.12. The Hall–Kier alpha value is -4.09. The highest BCUT2D eigenvalue weighted by atomic mass is 35.5. The van der Waals surface area contributed by atoms with Crippen LogP contribution in [0.4, 0.5) is 0 Å². The maximum absolute atomic E-state index is 12.5. The predicted molar refractivity (Wildman–Crippen MR) is 152 cm³/mol. The first-order valence-electron chi connectivity index (χ1n) is 12.6. The average Bonchev–Trinajstić information content (AvgIpc) is 3.23. The van der Waals surface area contributed by atoms with Gasteiger partial charge in [0.2, 0.25) is 0 Å². The summed E-state index contributed by atoms with van der Waals surface area (Å²) in [6.45, 7) is 6.86. The van der Waals surface area contributed by atoms with Crippen LogP contribution in [0.15, 0.2) is 84.9 Å². The van der Waals surface area contributed by atoms with Crippen LogP contribution in [0.2, 0.25) is 5.02 Å². The Morgan fingerprint density at radius 2 is 1.71 bits per heavy atom. The van der Waals surface area contributed by atoms with Crippen molar-refractivity contribution in [1.29, 1.82) is 0 Å². The third kappa shape index (κ3) is 5.29. The lowest BCUT2D eigenvalue weighted by Gasteiger charge is -2.14. The fraction of sp³-hybridized carbons (Fsp3) is 0.188. The fourth-order valence-electron chi connectivity index (χ4n) is 4.67. The molecule has 5 rings (SSSR count). The van der Waals surface area contributed by atoms with Crippen LogP contribution >= 0.6 is 11.6 Å². The number of imidazole rings is 1. The number of nitrogens with zero attached hydrogens (tertiary/aromatic N) is 2. The number of carbonyl (C=O) groups excluding carboxylic acids is 1. The molecule has 0 bridgehead atoms. The summed E-state index contributed by atoms with van der Waals surface area (Å²) in [5.41, 5.74) is 7.28. The van der Waals surface area contributed by atoms with Crippen molar-refractivity contribution >= 4 is 28.6 Å². The van der Waals surface area contributed by atoms with Gasteiger partial charge in [0.15, 0.2) is 0 Å². The van der Waals surface area contributed by atoms with Crippen molar-refractivity contribution < 1.29 is 14.3 Å². The van der Waals surface area contributed by atoms with Crippen LogP contribution in [0.1, 0.15) is 39.8 Å². The van der Waals surface area contributed by atoms with Gasteiger partial charge in [-0.25, -0.2) is 9.78 Å². The quantitative estimate of drug-likeness (QED) is 0.194. The average molecular weight is 525 g/mol. The van der Waals surface area contributed by atoms with Crippen molar-refractivity contribution in [3.05, 3.63) is 118 Å². The summed E-state index contributed by atoms with van der Waals surface area (Å²) in [6, 6.07) is 28.0. The number of rotatable bonds is 8. The largest absolute Gasteiger partial charge is 0.489 e. The van der Waals surface area contributed by atoms with Crippen LogP contribution in [-0.4, -0.2) is 22.1 Å². The van der Waals surface area contributed by atoms with Gasteiger partial charge in [-0.1, -0.05) is 72.3 Å². The molecule has 5 nitrogen and oxygen atoms in total. The summed E-state index contributed by atoms with van der Waals surface area (Å²) in [7, 11) is 0. The molecule has 192 valence electrons. The SMILES string of the molecule is CCOC(=O)c1c(C)cccc1COc1ccc2nc(C)n(Cc3ccc(-c4ccccc4)cc3Cl)c2c1. The van der Waals surface area contributed by atoms with E-state index in [9.17, 15) is 4.79 Å². The van der Waals surface area contributed by atoms with E-state index in [2.05, 4.69) is 28.8 Å². The molecule has 0 radical (unpaired) electrons. The molecule has 0 saturated carbocycles. The standard InChI is InChI=1S/C32H29ClN2O3/c1-4-37-32(36)31-21(2)9-8-12-26(31)20-38-27-15-16-29-30(18-27)35(22(3)34-29)19-25-14-13-24(17-28(25)33)23-10-6-5-7-11-23/h5-18H,4,19-20H2,1-3H3. The molecule has 1 heterocycles. The van der Waals surface area contributed by atoms with Gasteiger partial charge < -0.3 is 14.0 Å². The molecular weight excluding hydrogens is 496 g/mol. The number of aryl methyl sites for hydroxylation is 2. The molecule has 0 saturated heterocycles. The minimum Gasteiger partial charge on any atom is -0.489 e. The van der Waals surface area contributed by atoms with E-state index in [1.165, 1.54) is 0 Å². The second-order valence-corrected chi connectivity index (χ2v) is 9.59. The van der Waals surface area contributed by atoms with Gasteiger partial charge in [-0.3, -0.25) is 0 Å². The highest BCUT2D eigenvalue weighted by Crippen LogP contribution is 2.29. The van der Waals surface area contributed by atoms with Crippen molar-refractivity contribution in [3.63, 3.8) is 0 Å². The number of esters is 1. The van der Waals surface area contributed by atoms with Crippen molar-refractivity contribution in [2.24, 2.45) is 0 Å². The number of halogens is 1. The van der Waals surface area contributed by atoms with Gasteiger partial charge in [0.25, 0.3) is 0 Å². The number of fused-ring (bicyclic) bond motifs is 1. The van der Waals surface area contributed by atoms with Gasteiger partial charge in [-0.2, -0.15) is 0 Å². The molecule has 38 heavy (non-hydrogen) atoms. The van der Waals surface area contributed by atoms with E-state index in [1.54, 1.807) is 6.92 Å². The number of hydrogen-bond acceptors (Lipinski definition) is 4. The molecule has 5 aromatic rings. The van der Waals surface area contributed by atoms with Crippen molar-refractivity contribution in [1.82, 2.24) is 9.55 Å². The van der Waals surface area contributed by atoms with Crippen LogP contribution in [0.25, 0.3) is 22.2 Å². The Morgan fingerprint density at radius 3 is 2.47 bits per heavy atom. The second kappa shape index (κ2) is 11.1. The Morgan fingerprint density at radius 1 is 0.895 bits per heavy atom. The summed E-state index contributed by atoms with van der Waals surface area (Å²) in [5, 5.41) is 0.714. The normalized spacial score (nSPS) is 11.1. The number of carbonyl (C=O) groups is 1. The zero-order valence-corrected chi connectivity index (χ0v) is 22.5. The zero-order valence-electron chi connectivity index (χ0n) is 21.7. The lowest BCUT2D eigenvalue weighted by molar-refractivity contribution is 0.0522. The number of aromatic nitrogens is 2. The molecule has 4 aromatic carbocycles. The first kappa shape index (κ1) is 25.6. The van der Waals surface area contributed by atoms with Crippen LogP contribution in [-0.2, 0) is 17.9 Å². The molecule has 0 atom stereocenters. The van der Waals surface area contributed by atoms with Gasteiger partial charge in [0.1, 0.15) is 18.2 Å². The topological polar surface area (TPSA) is 53.4 Å².